The molecule has 0 spiro atoms. The number of aryl methyl sites for hydroxylation is 3. The second-order valence-electron chi connectivity index (χ2n) is 4.29. The molecular weight excluding hydrogens is 214 g/mol. The fourth-order valence-corrected chi connectivity index (χ4v) is 2.03. The highest BCUT2D eigenvalue weighted by molar-refractivity contribution is 5.36. The van der Waals surface area contributed by atoms with Crippen LogP contribution < -0.4 is 5.73 Å². The Labute approximate surface area is 101 Å². The Balaban J connectivity index is 2.42. The van der Waals surface area contributed by atoms with Gasteiger partial charge in [0, 0.05) is 6.54 Å². The first-order valence-corrected chi connectivity index (χ1v) is 5.63. The van der Waals surface area contributed by atoms with Crippen LogP contribution in [0.2, 0.25) is 0 Å². The van der Waals surface area contributed by atoms with Crippen LogP contribution in [0, 0.1) is 13.8 Å². The van der Waals surface area contributed by atoms with E-state index < -0.39 is 0 Å². The van der Waals surface area contributed by atoms with E-state index in [2.05, 4.69) is 47.5 Å². The smallest absolute Gasteiger partial charge is 0.183 e. The van der Waals surface area contributed by atoms with E-state index in [-0.39, 0.29) is 5.92 Å². The second-order valence-corrected chi connectivity index (χ2v) is 4.29. The molecule has 2 rings (SSSR count). The Morgan fingerprint density at radius 1 is 1.35 bits per heavy atom. The topological polar surface area (TPSA) is 69.6 Å². The van der Waals surface area contributed by atoms with Crippen LogP contribution in [-0.4, -0.2) is 26.8 Å². The molecule has 1 aromatic heterocycles. The summed E-state index contributed by atoms with van der Waals surface area (Å²) < 4.78 is 0. The zero-order valence-electron chi connectivity index (χ0n) is 10.4. The van der Waals surface area contributed by atoms with Gasteiger partial charge in [-0.15, -0.1) is 10.2 Å². The van der Waals surface area contributed by atoms with E-state index in [9.17, 15) is 0 Å². The van der Waals surface area contributed by atoms with Crippen molar-refractivity contribution in [3.05, 3.63) is 40.7 Å². The summed E-state index contributed by atoms with van der Waals surface area (Å²) in [6, 6.07) is 6.33. The quantitative estimate of drug-likeness (QED) is 0.852. The minimum absolute atomic E-state index is 0.0179. The van der Waals surface area contributed by atoms with Crippen molar-refractivity contribution in [2.75, 3.05) is 6.54 Å². The molecule has 90 valence electrons. The van der Waals surface area contributed by atoms with Gasteiger partial charge in [-0.3, -0.25) is 0 Å². The molecule has 1 atom stereocenters. The van der Waals surface area contributed by atoms with E-state index in [1.54, 1.807) is 7.05 Å². The number of rotatable bonds is 3. The van der Waals surface area contributed by atoms with Gasteiger partial charge in [-0.2, -0.15) is 4.80 Å². The summed E-state index contributed by atoms with van der Waals surface area (Å²) in [5.74, 6) is 0.700. The largest absolute Gasteiger partial charge is 0.329 e. The maximum Gasteiger partial charge on any atom is 0.183 e. The zero-order chi connectivity index (χ0) is 12.4. The standard InChI is InChI=1S/C12H17N5/c1-8-4-5-10(9(2)6-8)11(7-13)12-14-16-17(3)15-12/h4-6,11H,7,13H2,1-3H3. The maximum absolute atomic E-state index is 5.84. The van der Waals surface area contributed by atoms with Crippen LogP contribution in [0.25, 0.3) is 0 Å². The highest BCUT2D eigenvalue weighted by Gasteiger charge is 2.19. The van der Waals surface area contributed by atoms with Crippen molar-refractivity contribution >= 4 is 0 Å². The molecule has 0 aliphatic carbocycles. The molecule has 1 aromatic carbocycles. The zero-order valence-corrected chi connectivity index (χ0v) is 10.4. The van der Waals surface area contributed by atoms with Crippen molar-refractivity contribution in [3.8, 4) is 0 Å². The number of aromatic nitrogens is 4. The van der Waals surface area contributed by atoms with Crippen LogP contribution in [-0.2, 0) is 7.05 Å². The number of benzene rings is 1. The number of nitrogens with two attached hydrogens (primary N) is 1. The van der Waals surface area contributed by atoms with Crippen LogP contribution in [0.4, 0.5) is 0 Å². The molecule has 0 fully saturated rings. The summed E-state index contributed by atoms with van der Waals surface area (Å²) in [4.78, 5) is 1.46. The van der Waals surface area contributed by atoms with Crippen LogP contribution in [0.5, 0.6) is 0 Å². The number of hydrogen-bond donors (Lipinski definition) is 1. The summed E-state index contributed by atoms with van der Waals surface area (Å²) in [5, 5.41) is 12.1. The van der Waals surface area contributed by atoms with E-state index >= 15 is 0 Å². The van der Waals surface area contributed by atoms with Crippen LogP contribution >= 0.6 is 0 Å². The second kappa shape index (κ2) is 4.63. The van der Waals surface area contributed by atoms with Crippen molar-refractivity contribution < 1.29 is 0 Å². The molecule has 1 unspecified atom stereocenters. The lowest BCUT2D eigenvalue weighted by atomic mass is 9.93. The molecule has 0 amide bonds. The van der Waals surface area contributed by atoms with E-state index in [1.165, 1.54) is 21.5 Å². The van der Waals surface area contributed by atoms with E-state index in [1.807, 2.05) is 0 Å². The molecule has 1 heterocycles. The average molecular weight is 231 g/mol. The summed E-state index contributed by atoms with van der Waals surface area (Å²) >= 11 is 0. The van der Waals surface area contributed by atoms with Gasteiger partial charge in [0.15, 0.2) is 5.82 Å². The summed E-state index contributed by atoms with van der Waals surface area (Å²) in [6.07, 6.45) is 0. The van der Waals surface area contributed by atoms with Crippen molar-refractivity contribution in [1.29, 1.82) is 0 Å². The van der Waals surface area contributed by atoms with Gasteiger partial charge >= 0.3 is 0 Å². The third-order valence-electron chi connectivity index (χ3n) is 2.87. The summed E-state index contributed by atoms with van der Waals surface area (Å²) in [5.41, 5.74) is 9.47. The Kier molecular flexibility index (Phi) is 3.19. The summed E-state index contributed by atoms with van der Waals surface area (Å²) in [6.45, 7) is 4.64. The molecule has 5 heteroatoms. The van der Waals surface area contributed by atoms with Gasteiger partial charge in [0.1, 0.15) is 0 Å². The lowest BCUT2D eigenvalue weighted by Gasteiger charge is -2.14. The van der Waals surface area contributed by atoms with Gasteiger partial charge in [0.25, 0.3) is 0 Å². The molecule has 0 saturated heterocycles. The lowest BCUT2D eigenvalue weighted by Crippen LogP contribution is -2.16. The first kappa shape index (κ1) is 11.7. The molecule has 5 nitrogen and oxygen atoms in total. The first-order chi connectivity index (χ1) is 8.11. The fourth-order valence-electron chi connectivity index (χ4n) is 2.03. The van der Waals surface area contributed by atoms with Gasteiger partial charge in [-0.1, -0.05) is 23.8 Å². The average Bonchev–Trinajstić information content (AvgIpc) is 2.69. The van der Waals surface area contributed by atoms with Crippen LogP contribution in [0.1, 0.15) is 28.4 Å². The van der Waals surface area contributed by atoms with E-state index in [0.29, 0.717) is 12.4 Å². The molecule has 2 N–H and O–H groups in total. The third-order valence-corrected chi connectivity index (χ3v) is 2.87. The molecule has 0 aliphatic rings. The van der Waals surface area contributed by atoms with Gasteiger partial charge < -0.3 is 5.73 Å². The molecule has 0 aliphatic heterocycles. The minimum atomic E-state index is 0.0179. The van der Waals surface area contributed by atoms with Crippen molar-refractivity contribution in [2.24, 2.45) is 12.8 Å². The van der Waals surface area contributed by atoms with Gasteiger partial charge in [-0.05, 0) is 30.2 Å². The van der Waals surface area contributed by atoms with Crippen molar-refractivity contribution in [3.63, 3.8) is 0 Å². The van der Waals surface area contributed by atoms with Gasteiger partial charge in [0.2, 0.25) is 0 Å². The fraction of sp³-hybridized carbons (Fsp3) is 0.417. The van der Waals surface area contributed by atoms with E-state index in [4.69, 9.17) is 5.73 Å². The number of nitrogens with zero attached hydrogens (tertiary/aromatic N) is 4. The Hall–Kier alpha value is -1.75. The van der Waals surface area contributed by atoms with Gasteiger partial charge in [-0.25, -0.2) is 0 Å². The van der Waals surface area contributed by atoms with Crippen molar-refractivity contribution in [1.82, 2.24) is 20.2 Å². The molecule has 2 aromatic rings. The van der Waals surface area contributed by atoms with Crippen LogP contribution in [0.3, 0.4) is 0 Å². The monoisotopic (exact) mass is 231 g/mol. The summed E-state index contributed by atoms with van der Waals surface area (Å²) in [7, 11) is 1.76. The predicted octanol–water partition coefficient (Wildman–Crippen LogP) is 0.918. The molecule has 0 bridgehead atoms. The van der Waals surface area contributed by atoms with E-state index in [0.717, 1.165) is 0 Å². The predicted molar refractivity (Wildman–Crippen MR) is 65.6 cm³/mol. The van der Waals surface area contributed by atoms with Crippen LogP contribution in [0.15, 0.2) is 18.2 Å². The Morgan fingerprint density at radius 3 is 2.65 bits per heavy atom. The Morgan fingerprint density at radius 2 is 2.12 bits per heavy atom. The Bertz CT molecular complexity index is 517. The first-order valence-electron chi connectivity index (χ1n) is 5.63. The molecule has 17 heavy (non-hydrogen) atoms. The molecular formula is C12H17N5. The van der Waals surface area contributed by atoms with Crippen molar-refractivity contribution in [2.45, 2.75) is 19.8 Å². The van der Waals surface area contributed by atoms with Gasteiger partial charge in [0.05, 0.1) is 13.0 Å². The molecule has 0 saturated carbocycles. The SMILES string of the molecule is Cc1ccc(C(CN)c2nnn(C)n2)c(C)c1. The highest BCUT2D eigenvalue weighted by Crippen LogP contribution is 2.24. The number of hydrogen-bond acceptors (Lipinski definition) is 4. The maximum atomic E-state index is 5.84. The minimum Gasteiger partial charge on any atom is -0.329 e. The lowest BCUT2D eigenvalue weighted by molar-refractivity contribution is 0.624. The normalized spacial score (nSPS) is 12.7. The highest BCUT2D eigenvalue weighted by atomic mass is 15.6. The number of tetrazole rings is 1. The molecule has 0 radical (unpaired) electrons. The third kappa shape index (κ3) is 2.34.